The number of carbonyl (C=O) groups excluding carboxylic acids is 1. The van der Waals surface area contributed by atoms with Gasteiger partial charge >= 0.3 is 5.97 Å². The Morgan fingerprint density at radius 1 is 1.73 bits per heavy atom. The van der Waals surface area contributed by atoms with Gasteiger partial charge in [0, 0.05) is 19.5 Å². The number of aliphatic carboxylic acids is 1. The van der Waals surface area contributed by atoms with Crippen LogP contribution in [0.1, 0.15) is 19.3 Å². The SMILES string of the molecule is NC(CCCN1C=NC(=O)CC1)C(=O)O. The summed E-state index contributed by atoms with van der Waals surface area (Å²) in [6.45, 7) is 1.35. The van der Waals surface area contributed by atoms with Crippen LogP contribution in [0, 0.1) is 0 Å². The average Bonchev–Trinajstić information content (AvgIpc) is 2.20. The fourth-order valence-corrected chi connectivity index (χ4v) is 1.31. The number of carboxylic acids is 1. The Labute approximate surface area is 87.8 Å². The van der Waals surface area contributed by atoms with Crippen molar-refractivity contribution in [2.45, 2.75) is 25.3 Å². The van der Waals surface area contributed by atoms with Gasteiger partial charge in [0.2, 0.25) is 5.91 Å². The summed E-state index contributed by atoms with van der Waals surface area (Å²) < 4.78 is 0. The Balaban J connectivity index is 2.18. The number of carboxylic acid groups (broad SMARTS) is 1. The van der Waals surface area contributed by atoms with Gasteiger partial charge in [-0.2, -0.15) is 0 Å². The van der Waals surface area contributed by atoms with Gasteiger partial charge in [-0.15, -0.1) is 0 Å². The zero-order valence-corrected chi connectivity index (χ0v) is 8.43. The number of rotatable bonds is 5. The Hall–Kier alpha value is -1.43. The lowest BCUT2D eigenvalue weighted by molar-refractivity contribution is -0.138. The van der Waals surface area contributed by atoms with E-state index < -0.39 is 12.0 Å². The highest BCUT2D eigenvalue weighted by Crippen LogP contribution is 2.02. The quantitative estimate of drug-likeness (QED) is 0.638. The van der Waals surface area contributed by atoms with Crippen molar-refractivity contribution in [3.63, 3.8) is 0 Å². The molecule has 0 saturated heterocycles. The molecular formula is C9H15N3O3. The van der Waals surface area contributed by atoms with Crippen LogP contribution in [0.3, 0.4) is 0 Å². The van der Waals surface area contributed by atoms with Gasteiger partial charge < -0.3 is 15.7 Å². The van der Waals surface area contributed by atoms with Crippen molar-refractivity contribution >= 4 is 18.2 Å². The molecule has 0 aliphatic carbocycles. The molecule has 0 aromatic heterocycles. The maximum Gasteiger partial charge on any atom is 0.320 e. The van der Waals surface area contributed by atoms with E-state index in [4.69, 9.17) is 10.8 Å². The van der Waals surface area contributed by atoms with E-state index in [1.807, 2.05) is 4.90 Å². The van der Waals surface area contributed by atoms with Gasteiger partial charge in [0.1, 0.15) is 6.04 Å². The van der Waals surface area contributed by atoms with E-state index in [0.717, 1.165) is 0 Å². The van der Waals surface area contributed by atoms with Crippen LogP contribution in [0.4, 0.5) is 0 Å². The lowest BCUT2D eigenvalue weighted by Gasteiger charge is -2.21. The van der Waals surface area contributed by atoms with Gasteiger partial charge in [0.05, 0.1) is 6.34 Å². The topological polar surface area (TPSA) is 96.0 Å². The second kappa shape index (κ2) is 5.45. The maximum atomic E-state index is 10.8. The lowest BCUT2D eigenvalue weighted by Crippen LogP contribution is -2.33. The maximum absolute atomic E-state index is 10.8. The molecule has 1 heterocycles. The number of amides is 1. The predicted octanol–water partition coefficient (Wildman–Crippen LogP) is -0.561. The zero-order chi connectivity index (χ0) is 11.3. The molecule has 0 saturated carbocycles. The number of carbonyl (C=O) groups is 2. The summed E-state index contributed by atoms with van der Waals surface area (Å²) in [7, 11) is 0. The van der Waals surface area contributed by atoms with Crippen LogP contribution < -0.4 is 5.73 Å². The Kier molecular flexibility index (Phi) is 4.23. The third-order valence-corrected chi connectivity index (χ3v) is 2.26. The lowest BCUT2D eigenvalue weighted by atomic mass is 10.1. The summed E-state index contributed by atoms with van der Waals surface area (Å²) in [5.41, 5.74) is 5.35. The monoisotopic (exact) mass is 213 g/mol. The normalized spacial score (nSPS) is 17.9. The fourth-order valence-electron chi connectivity index (χ4n) is 1.31. The Morgan fingerprint density at radius 3 is 3.00 bits per heavy atom. The van der Waals surface area contributed by atoms with E-state index >= 15 is 0 Å². The first-order chi connectivity index (χ1) is 7.09. The molecule has 1 unspecified atom stereocenters. The van der Waals surface area contributed by atoms with Crippen molar-refractivity contribution in [2.75, 3.05) is 13.1 Å². The van der Waals surface area contributed by atoms with Crippen LogP contribution in [0.2, 0.25) is 0 Å². The molecule has 0 aromatic carbocycles. The predicted molar refractivity (Wildman–Crippen MR) is 54.5 cm³/mol. The van der Waals surface area contributed by atoms with Gasteiger partial charge in [-0.1, -0.05) is 0 Å². The van der Waals surface area contributed by atoms with Gasteiger partial charge in [-0.25, -0.2) is 4.99 Å². The Bertz CT molecular complexity index is 278. The van der Waals surface area contributed by atoms with Crippen molar-refractivity contribution in [3.05, 3.63) is 0 Å². The van der Waals surface area contributed by atoms with Gasteiger partial charge in [-0.05, 0) is 12.8 Å². The third-order valence-electron chi connectivity index (χ3n) is 2.26. The third kappa shape index (κ3) is 4.07. The smallest absolute Gasteiger partial charge is 0.320 e. The molecule has 3 N–H and O–H groups in total. The van der Waals surface area contributed by atoms with Crippen LogP contribution in [-0.4, -0.2) is 47.4 Å². The molecule has 15 heavy (non-hydrogen) atoms. The molecule has 1 atom stereocenters. The minimum Gasteiger partial charge on any atom is -0.480 e. The largest absolute Gasteiger partial charge is 0.480 e. The van der Waals surface area contributed by atoms with E-state index in [9.17, 15) is 9.59 Å². The molecule has 1 rings (SSSR count). The molecule has 1 amide bonds. The number of nitrogens with two attached hydrogens (primary N) is 1. The van der Waals surface area contributed by atoms with E-state index in [1.165, 1.54) is 6.34 Å². The van der Waals surface area contributed by atoms with Crippen LogP contribution in [0.5, 0.6) is 0 Å². The summed E-state index contributed by atoms with van der Waals surface area (Å²) >= 11 is 0. The van der Waals surface area contributed by atoms with Crippen molar-refractivity contribution in [3.8, 4) is 0 Å². The summed E-state index contributed by atoms with van der Waals surface area (Å²) in [6.07, 6.45) is 3.07. The number of aliphatic imine (C=N–C) groups is 1. The first-order valence-electron chi connectivity index (χ1n) is 4.89. The average molecular weight is 213 g/mol. The second-order valence-electron chi connectivity index (χ2n) is 3.51. The van der Waals surface area contributed by atoms with Crippen molar-refractivity contribution in [1.82, 2.24) is 4.90 Å². The summed E-state index contributed by atoms with van der Waals surface area (Å²) in [4.78, 5) is 26.7. The first kappa shape index (κ1) is 11.6. The molecule has 0 bridgehead atoms. The highest BCUT2D eigenvalue weighted by atomic mass is 16.4. The second-order valence-corrected chi connectivity index (χ2v) is 3.51. The molecule has 84 valence electrons. The van der Waals surface area contributed by atoms with Crippen LogP contribution in [0.25, 0.3) is 0 Å². The van der Waals surface area contributed by atoms with Crippen LogP contribution in [0.15, 0.2) is 4.99 Å². The number of hydrogen-bond acceptors (Lipinski definition) is 4. The highest BCUT2D eigenvalue weighted by Gasteiger charge is 2.13. The van der Waals surface area contributed by atoms with Crippen molar-refractivity contribution < 1.29 is 14.7 Å². The minimum atomic E-state index is -0.975. The molecule has 0 aromatic rings. The van der Waals surface area contributed by atoms with Gasteiger partial charge in [0.15, 0.2) is 0 Å². The molecule has 0 radical (unpaired) electrons. The molecular weight excluding hydrogens is 198 g/mol. The van der Waals surface area contributed by atoms with E-state index in [-0.39, 0.29) is 5.91 Å². The molecule has 1 aliphatic rings. The number of hydrogen-bond donors (Lipinski definition) is 2. The standard InChI is InChI=1S/C9H15N3O3/c10-7(9(14)15)2-1-4-12-5-3-8(13)11-6-12/h6-7H,1-5,10H2,(H,14,15). The van der Waals surface area contributed by atoms with Gasteiger partial charge in [0.25, 0.3) is 0 Å². The molecule has 6 nitrogen and oxygen atoms in total. The van der Waals surface area contributed by atoms with E-state index in [0.29, 0.717) is 32.4 Å². The summed E-state index contributed by atoms with van der Waals surface area (Å²) in [5.74, 6) is -1.08. The van der Waals surface area contributed by atoms with Crippen molar-refractivity contribution in [1.29, 1.82) is 0 Å². The highest BCUT2D eigenvalue weighted by molar-refractivity contribution is 5.86. The van der Waals surface area contributed by atoms with Crippen LogP contribution in [-0.2, 0) is 9.59 Å². The minimum absolute atomic E-state index is 0.103. The van der Waals surface area contributed by atoms with Crippen LogP contribution >= 0.6 is 0 Å². The van der Waals surface area contributed by atoms with E-state index in [1.54, 1.807) is 0 Å². The van der Waals surface area contributed by atoms with Crippen molar-refractivity contribution in [2.24, 2.45) is 10.7 Å². The first-order valence-corrected chi connectivity index (χ1v) is 4.89. The molecule has 0 fully saturated rings. The molecule has 0 spiro atoms. The summed E-state index contributed by atoms with van der Waals surface area (Å²) in [6, 6.07) is -0.798. The number of nitrogens with zero attached hydrogens (tertiary/aromatic N) is 2. The molecule has 1 aliphatic heterocycles. The Morgan fingerprint density at radius 2 is 2.47 bits per heavy atom. The fraction of sp³-hybridized carbons (Fsp3) is 0.667. The zero-order valence-electron chi connectivity index (χ0n) is 8.43. The molecule has 6 heteroatoms. The van der Waals surface area contributed by atoms with E-state index in [2.05, 4.69) is 4.99 Å². The van der Waals surface area contributed by atoms with Gasteiger partial charge in [-0.3, -0.25) is 9.59 Å². The summed E-state index contributed by atoms with van der Waals surface area (Å²) in [5, 5.41) is 8.54.